The highest BCUT2D eigenvalue weighted by atomic mass is 35.5. The van der Waals surface area contributed by atoms with Crippen LogP contribution in [0.3, 0.4) is 0 Å². The maximum absolute atomic E-state index is 6.10. The van der Waals surface area contributed by atoms with Gasteiger partial charge in [-0.05, 0) is 35.6 Å². The van der Waals surface area contributed by atoms with Crippen molar-refractivity contribution in [2.45, 2.75) is 13.3 Å². The van der Waals surface area contributed by atoms with Crippen LogP contribution >= 0.6 is 22.9 Å². The fourth-order valence-electron chi connectivity index (χ4n) is 1.40. The normalized spacial score (nSPS) is 10.4. The Balaban J connectivity index is 2.28. The predicted molar refractivity (Wildman–Crippen MR) is 63.3 cm³/mol. The summed E-state index contributed by atoms with van der Waals surface area (Å²) in [4.78, 5) is 1.40. The third-order valence-corrected chi connectivity index (χ3v) is 3.67. The van der Waals surface area contributed by atoms with Gasteiger partial charge in [0.25, 0.3) is 0 Å². The molecule has 2 aromatic rings. The average molecular weight is 223 g/mol. The SMILES string of the molecule is Cc1ccsc1Cc1ccccc1Cl. The first-order valence-electron chi connectivity index (χ1n) is 4.54. The number of thiophene rings is 1. The van der Waals surface area contributed by atoms with Crippen LogP contribution < -0.4 is 0 Å². The van der Waals surface area contributed by atoms with Gasteiger partial charge in [0.1, 0.15) is 0 Å². The summed E-state index contributed by atoms with van der Waals surface area (Å²) in [6.45, 7) is 2.14. The van der Waals surface area contributed by atoms with Crippen molar-refractivity contribution >= 4 is 22.9 Å². The van der Waals surface area contributed by atoms with E-state index < -0.39 is 0 Å². The standard InChI is InChI=1S/C12H11ClS/c1-9-6-7-14-12(9)8-10-4-2-3-5-11(10)13/h2-7H,8H2,1H3. The first kappa shape index (κ1) is 9.75. The molecule has 1 aromatic heterocycles. The van der Waals surface area contributed by atoms with E-state index in [2.05, 4.69) is 24.4 Å². The maximum Gasteiger partial charge on any atom is 0.0441 e. The second-order valence-corrected chi connectivity index (χ2v) is 4.70. The van der Waals surface area contributed by atoms with E-state index in [4.69, 9.17) is 11.6 Å². The number of hydrogen-bond donors (Lipinski definition) is 0. The zero-order valence-electron chi connectivity index (χ0n) is 7.96. The molecule has 0 unspecified atom stereocenters. The molecule has 0 radical (unpaired) electrons. The Morgan fingerprint density at radius 3 is 2.64 bits per heavy atom. The monoisotopic (exact) mass is 222 g/mol. The van der Waals surface area contributed by atoms with E-state index in [1.54, 1.807) is 11.3 Å². The van der Waals surface area contributed by atoms with E-state index in [-0.39, 0.29) is 0 Å². The van der Waals surface area contributed by atoms with Gasteiger partial charge in [0.2, 0.25) is 0 Å². The molecule has 72 valence electrons. The number of aryl methyl sites for hydroxylation is 1. The topological polar surface area (TPSA) is 0 Å². The highest BCUT2D eigenvalue weighted by Crippen LogP contribution is 2.23. The Morgan fingerprint density at radius 2 is 2.00 bits per heavy atom. The largest absolute Gasteiger partial charge is 0.148 e. The van der Waals surface area contributed by atoms with Gasteiger partial charge < -0.3 is 0 Å². The first-order valence-corrected chi connectivity index (χ1v) is 5.79. The maximum atomic E-state index is 6.10. The molecule has 0 saturated heterocycles. The van der Waals surface area contributed by atoms with E-state index in [0.29, 0.717) is 0 Å². The fourth-order valence-corrected chi connectivity index (χ4v) is 2.53. The molecule has 0 spiro atoms. The van der Waals surface area contributed by atoms with Crippen LogP contribution in [0.15, 0.2) is 35.7 Å². The minimum Gasteiger partial charge on any atom is -0.148 e. The second kappa shape index (κ2) is 4.16. The molecule has 0 nitrogen and oxygen atoms in total. The van der Waals surface area contributed by atoms with Gasteiger partial charge in [-0.1, -0.05) is 29.8 Å². The van der Waals surface area contributed by atoms with Crippen molar-refractivity contribution < 1.29 is 0 Å². The summed E-state index contributed by atoms with van der Waals surface area (Å²) in [5.74, 6) is 0. The lowest BCUT2D eigenvalue weighted by Gasteiger charge is -2.02. The molecule has 0 aliphatic rings. The average Bonchev–Trinajstić information content (AvgIpc) is 2.56. The molecular formula is C12H11ClS. The van der Waals surface area contributed by atoms with Crippen molar-refractivity contribution in [1.82, 2.24) is 0 Å². The minimum atomic E-state index is 0.861. The van der Waals surface area contributed by atoms with Crippen molar-refractivity contribution in [3.05, 3.63) is 56.7 Å². The van der Waals surface area contributed by atoms with Crippen LogP contribution in [0.2, 0.25) is 5.02 Å². The molecule has 1 heterocycles. The summed E-state index contributed by atoms with van der Waals surface area (Å²) in [7, 11) is 0. The van der Waals surface area contributed by atoms with E-state index in [1.807, 2.05) is 18.2 Å². The highest BCUT2D eigenvalue weighted by molar-refractivity contribution is 7.10. The van der Waals surface area contributed by atoms with E-state index >= 15 is 0 Å². The van der Waals surface area contributed by atoms with Crippen molar-refractivity contribution in [2.75, 3.05) is 0 Å². The predicted octanol–water partition coefficient (Wildman–Crippen LogP) is 4.30. The summed E-state index contributed by atoms with van der Waals surface area (Å²) in [5.41, 5.74) is 2.56. The van der Waals surface area contributed by atoms with Gasteiger partial charge in [0.05, 0.1) is 0 Å². The molecule has 2 heteroatoms. The summed E-state index contributed by atoms with van der Waals surface area (Å²) >= 11 is 7.89. The van der Waals surface area contributed by atoms with Gasteiger partial charge in [-0.2, -0.15) is 0 Å². The minimum absolute atomic E-state index is 0.861. The van der Waals surface area contributed by atoms with Crippen LogP contribution in [-0.2, 0) is 6.42 Å². The second-order valence-electron chi connectivity index (χ2n) is 3.29. The van der Waals surface area contributed by atoms with Gasteiger partial charge in [-0.15, -0.1) is 11.3 Å². The smallest absolute Gasteiger partial charge is 0.0441 e. The molecule has 0 amide bonds. The molecular weight excluding hydrogens is 212 g/mol. The van der Waals surface area contributed by atoms with E-state index in [1.165, 1.54) is 16.0 Å². The molecule has 0 fully saturated rings. The van der Waals surface area contributed by atoms with Crippen LogP contribution in [0.5, 0.6) is 0 Å². The van der Waals surface area contributed by atoms with Crippen molar-refractivity contribution in [3.8, 4) is 0 Å². The molecule has 0 bridgehead atoms. The highest BCUT2D eigenvalue weighted by Gasteiger charge is 2.03. The van der Waals surface area contributed by atoms with Crippen molar-refractivity contribution in [1.29, 1.82) is 0 Å². The molecule has 0 N–H and O–H groups in total. The van der Waals surface area contributed by atoms with E-state index in [9.17, 15) is 0 Å². The Kier molecular flexibility index (Phi) is 2.90. The molecule has 0 saturated carbocycles. The van der Waals surface area contributed by atoms with Crippen molar-refractivity contribution in [3.63, 3.8) is 0 Å². The van der Waals surface area contributed by atoms with Crippen LogP contribution in [0.25, 0.3) is 0 Å². The summed E-state index contributed by atoms with van der Waals surface area (Å²) in [6.07, 6.45) is 0.948. The molecule has 0 atom stereocenters. The zero-order valence-corrected chi connectivity index (χ0v) is 9.53. The van der Waals surface area contributed by atoms with Crippen LogP contribution in [0.4, 0.5) is 0 Å². The summed E-state index contributed by atoms with van der Waals surface area (Å²) in [5, 5.41) is 2.99. The number of halogens is 1. The van der Waals surface area contributed by atoms with Gasteiger partial charge >= 0.3 is 0 Å². The van der Waals surface area contributed by atoms with Gasteiger partial charge in [-0.25, -0.2) is 0 Å². The molecule has 0 aliphatic heterocycles. The van der Waals surface area contributed by atoms with E-state index in [0.717, 1.165) is 11.4 Å². The van der Waals surface area contributed by atoms with Crippen LogP contribution in [-0.4, -0.2) is 0 Å². The molecule has 14 heavy (non-hydrogen) atoms. The number of hydrogen-bond acceptors (Lipinski definition) is 1. The Morgan fingerprint density at radius 1 is 1.21 bits per heavy atom. The van der Waals surface area contributed by atoms with Gasteiger partial charge in [-0.3, -0.25) is 0 Å². The summed E-state index contributed by atoms with van der Waals surface area (Å²) in [6, 6.07) is 10.2. The Bertz CT molecular complexity index is 431. The Labute approximate surface area is 93.2 Å². The molecule has 0 aliphatic carbocycles. The fraction of sp³-hybridized carbons (Fsp3) is 0.167. The quantitative estimate of drug-likeness (QED) is 0.711. The lowest BCUT2D eigenvalue weighted by molar-refractivity contribution is 1.21. The molecule has 1 aromatic carbocycles. The van der Waals surface area contributed by atoms with Gasteiger partial charge in [0, 0.05) is 16.3 Å². The third-order valence-electron chi connectivity index (χ3n) is 2.28. The van der Waals surface area contributed by atoms with Crippen LogP contribution in [0, 0.1) is 6.92 Å². The third kappa shape index (κ3) is 1.99. The zero-order chi connectivity index (χ0) is 9.97. The number of benzene rings is 1. The Hall–Kier alpha value is -0.790. The first-order chi connectivity index (χ1) is 6.77. The lowest BCUT2D eigenvalue weighted by atomic mass is 10.1. The van der Waals surface area contributed by atoms with Gasteiger partial charge in [0.15, 0.2) is 0 Å². The van der Waals surface area contributed by atoms with Crippen molar-refractivity contribution in [2.24, 2.45) is 0 Å². The molecule has 2 rings (SSSR count). The number of rotatable bonds is 2. The summed E-state index contributed by atoms with van der Waals surface area (Å²) < 4.78 is 0. The van der Waals surface area contributed by atoms with Crippen LogP contribution in [0.1, 0.15) is 16.0 Å². The lowest BCUT2D eigenvalue weighted by Crippen LogP contribution is -1.87.